The molecule has 0 atom stereocenters. The fraction of sp³-hybridized carbons (Fsp3) is 0.967. The van der Waals surface area contributed by atoms with Crippen molar-refractivity contribution in [2.45, 2.75) is 109 Å². The van der Waals surface area contributed by atoms with Crippen LogP contribution < -0.4 is 0 Å². The molecule has 1 heterocycles. The molecule has 4 saturated carbocycles. The maximum absolute atomic E-state index is 11.2. The van der Waals surface area contributed by atoms with Gasteiger partial charge in [0.2, 0.25) is 0 Å². The molecule has 0 radical (unpaired) electrons. The molecule has 0 aromatic heterocycles. The zero-order valence-corrected chi connectivity index (χ0v) is 22.6. The van der Waals surface area contributed by atoms with Crippen molar-refractivity contribution < 1.29 is 23.7 Å². The van der Waals surface area contributed by atoms with Crippen molar-refractivity contribution in [2.24, 2.45) is 35.5 Å². The fourth-order valence-corrected chi connectivity index (χ4v) is 7.89. The predicted octanol–water partition coefficient (Wildman–Crippen LogP) is 6.57. The topological polar surface area (TPSA) is 54.0 Å². The molecule has 5 nitrogen and oxygen atoms in total. The van der Waals surface area contributed by atoms with Crippen LogP contribution in [0.5, 0.6) is 0 Å². The van der Waals surface area contributed by atoms with Crippen molar-refractivity contribution in [3.63, 3.8) is 0 Å². The Labute approximate surface area is 214 Å². The molecule has 0 bridgehead atoms. The molecular formula is C30H52O5. The van der Waals surface area contributed by atoms with Crippen LogP contribution in [0, 0.1) is 35.5 Å². The second-order valence-electron chi connectivity index (χ2n) is 12.3. The Morgan fingerprint density at radius 2 is 1.03 bits per heavy atom. The maximum Gasteiger partial charge on any atom is 0.168 e. The number of ether oxygens (including phenoxy) is 4. The van der Waals surface area contributed by atoms with Crippen LogP contribution >= 0.6 is 0 Å². The van der Waals surface area contributed by atoms with Crippen molar-refractivity contribution >= 4 is 5.78 Å². The number of carbonyl (C=O) groups is 1. The molecule has 202 valence electrons. The van der Waals surface area contributed by atoms with Gasteiger partial charge in [-0.15, -0.1) is 0 Å². The maximum atomic E-state index is 11.2. The standard InChI is InChI=1S/C16H28O3.C14H24O2/c1-17-12-13-2-4-14(5-3-13)15-6-8-16(9-7-15)18-10-11-19-16;1-16-10-11-2-4-12(5-3-11)13-6-8-14(15)9-7-13/h13-15H,2-12H2,1H3;11-13H,2-10H2,1H3. The van der Waals surface area contributed by atoms with Gasteiger partial charge in [0.25, 0.3) is 0 Å². The molecule has 1 aliphatic heterocycles. The highest BCUT2D eigenvalue weighted by Gasteiger charge is 2.42. The summed E-state index contributed by atoms with van der Waals surface area (Å²) >= 11 is 0. The van der Waals surface area contributed by atoms with Crippen molar-refractivity contribution in [1.82, 2.24) is 0 Å². The minimum Gasteiger partial charge on any atom is -0.384 e. The predicted molar refractivity (Wildman–Crippen MR) is 138 cm³/mol. The molecule has 5 aliphatic rings. The van der Waals surface area contributed by atoms with Crippen molar-refractivity contribution in [2.75, 3.05) is 40.6 Å². The Morgan fingerprint density at radius 3 is 1.46 bits per heavy atom. The molecular weight excluding hydrogens is 440 g/mol. The second kappa shape index (κ2) is 13.9. The molecule has 5 rings (SSSR count). The Bertz CT molecular complexity index is 594. The molecule has 0 amide bonds. The van der Waals surface area contributed by atoms with E-state index in [1.807, 2.05) is 7.11 Å². The third-order valence-corrected chi connectivity index (χ3v) is 10.1. The van der Waals surface area contributed by atoms with Gasteiger partial charge in [-0.2, -0.15) is 0 Å². The average Bonchev–Trinajstić information content (AvgIpc) is 3.35. The van der Waals surface area contributed by atoms with E-state index in [1.165, 1.54) is 77.0 Å². The van der Waals surface area contributed by atoms with Crippen LogP contribution in [0.4, 0.5) is 0 Å². The van der Waals surface area contributed by atoms with Crippen LogP contribution in [0.2, 0.25) is 0 Å². The van der Waals surface area contributed by atoms with Crippen LogP contribution in [-0.4, -0.2) is 52.2 Å². The lowest BCUT2D eigenvalue weighted by atomic mass is 9.70. The smallest absolute Gasteiger partial charge is 0.168 e. The lowest BCUT2D eigenvalue weighted by molar-refractivity contribution is -0.185. The molecule has 0 unspecified atom stereocenters. The molecule has 5 fully saturated rings. The van der Waals surface area contributed by atoms with E-state index >= 15 is 0 Å². The third kappa shape index (κ3) is 7.99. The SMILES string of the molecule is COCC1CCC(C2CCC(=O)CC2)CC1.COCC1CCC(C2CCC3(CC2)OCCO3)CC1. The first-order valence-corrected chi connectivity index (χ1v) is 14.9. The van der Waals surface area contributed by atoms with E-state index in [0.717, 1.165) is 87.6 Å². The zero-order chi connectivity index (χ0) is 24.5. The first kappa shape index (κ1) is 27.5. The summed E-state index contributed by atoms with van der Waals surface area (Å²) in [5, 5.41) is 0. The van der Waals surface area contributed by atoms with Gasteiger partial charge in [0.15, 0.2) is 5.79 Å². The van der Waals surface area contributed by atoms with Gasteiger partial charge in [0.05, 0.1) is 13.2 Å². The minimum absolute atomic E-state index is 0.177. The highest BCUT2D eigenvalue weighted by molar-refractivity contribution is 5.79. The Balaban J connectivity index is 0.000000168. The zero-order valence-electron chi connectivity index (χ0n) is 22.6. The summed E-state index contributed by atoms with van der Waals surface area (Å²) in [4.78, 5) is 11.2. The molecule has 0 aromatic carbocycles. The van der Waals surface area contributed by atoms with E-state index in [1.54, 1.807) is 7.11 Å². The first-order valence-electron chi connectivity index (χ1n) is 14.9. The summed E-state index contributed by atoms with van der Waals surface area (Å²) in [5.41, 5.74) is 0. The average molecular weight is 493 g/mol. The number of hydrogen-bond donors (Lipinski definition) is 0. The van der Waals surface area contributed by atoms with E-state index in [-0.39, 0.29) is 5.79 Å². The van der Waals surface area contributed by atoms with Gasteiger partial charge in [-0.1, -0.05) is 0 Å². The highest BCUT2D eigenvalue weighted by Crippen LogP contribution is 2.45. The largest absolute Gasteiger partial charge is 0.384 e. The number of carbonyl (C=O) groups excluding carboxylic acids is 1. The van der Waals surface area contributed by atoms with Gasteiger partial charge in [-0.3, -0.25) is 4.79 Å². The summed E-state index contributed by atoms with van der Waals surface area (Å²) < 4.78 is 22.2. The third-order valence-electron chi connectivity index (χ3n) is 10.1. The highest BCUT2D eigenvalue weighted by atomic mass is 16.7. The van der Waals surface area contributed by atoms with Crippen LogP contribution in [0.15, 0.2) is 0 Å². The molecule has 0 aromatic rings. The van der Waals surface area contributed by atoms with Crippen molar-refractivity contribution in [3.8, 4) is 0 Å². The normalized spacial score (nSPS) is 34.5. The Morgan fingerprint density at radius 1 is 0.629 bits per heavy atom. The minimum atomic E-state index is -0.177. The van der Waals surface area contributed by atoms with Gasteiger partial charge in [0, 0.05) is 53.1 Å². The fourth-order valence-electron chi connectivity index (χ4n) is 7.89. The quantitative estimate of drug-likeness (QED) is 0.420. The molecule has 35 heavy (non-hydrogen) atoms. The lowest BCUT2D eigenvalue weighted by Gasteiger charge is -2.40. The summed E-state index contributed by atoms with van der Waals surface area (Å²) in [6.45, 7) is 3.50. The molecule has 1 spiro atoms. The Kier molecular flexibility index (Phi) is 10.9. The molecule has 5 heteroatoms. The van der Waals surface area contributed by atoms with Gasteiger partial charge < -0.3 is 18.9 Å². The Hall–Kier alpha value is -0.490. The van der Waals surface area contributed by atoms with Crippen molar-refractivity contribution in [1.29, 1.82) is 0 Å². The summed E-state index contributed by atoms with van der Waals surface area (Å²) in [6.07, 6.45) is 19.8. The van der Waals surface area contributed by atoms with E-state index in [4.69, 9.17) is 18.9 Å². The van der Waals surface area contributed by atoms with Crippen LogP contribution in [-0.2, 0) is 23.7 Å². The summed E-state index contributed by atoms with van der Waals surface area (Å²) in [7, 11) is 3.63. The first-order chi connectivity index (χ1) is 17.1. The number of Topliss-reactive ketones (excluding diaryl/α,β-unsaturated/α-hetero) is 1. The monoisotopic (exact) mass is 492 g/mol. The molecule has 4 aliphatic carbocycles. The van der Waals surface area contributed by atoms with Gasteiger partial charge in [-0.05, 0) is 113 Å². The summed E-state index contributed by atoms with van der Waals surface area (Å²) in [6, 6.07) is 0. The van der Waals surface area contributed by atoms with Crippen LogP contribution in [0.1, 0.15) is 103 Å². The molecule has 1 saturated heterocycles. The second-order valence-corrected chi connectivity index (χ2v) is 12.3. The van der Waals surface area contributed by atoms with Gasteiger partial charge in [0.1, 0.15) is 5.78 Å². The number of rotatable bonds is 6. The van der Waals surface area contributed by atoms with Crippen LogP contribution in [0.3, 0.4) is 0 Å². The van der Waals surface area contributed by atoms with Crippen LogP contribution in [0.25, 0.3) is 0 Å². The lowest BCUT2D eigenvalue weighted by Crippen LogP contribution is -2.37. The number of hydrogen-bond acceptors (Lipinski definition) is 5. The van der Waals surface area contributed by atoms with E-state index in [9.17, 15) is 4.79 Å². The number of ketones is 1. The number of methoxy groups -OCH3 is 2. The van der Waals surface area contributed by atoms with Gasteiger partial charge >= 0.3 is 0 Å². The molecule has 0 N–H and O–H groups in total. The van der Waals surface area contributed by atoms with E-state index < -0.39 is 0 Å². The van der Waals surface area contributed by atoms with Gasteiger partial charge in [-0.25, -0.2) is 0 Å². The van der Waals surface area contributed by atoms with E-state index in [0.29, 0.717) is 5.78 Å². The van der Waals surface area contributed by atoms with E-state index in [2.05, 4.69) is 0 Å². The summed E-state index contributed by atoms with van der Waals surface area (Å²) in [5.74, 6) is 5.55. The van der Waals surface area contributed by atoms with Crippen molar-refractivity contribution in [3.05, 3.63) is 0 Å².